The van der Waals surface area contributed by atoms with E-state index in [1.165, 1.54) is 64.2 Å². The molecule has 762 valence electrons. The summed E-state index contributed by atoms with van der Waals surface area (Å²) in [4.78, 5) is 113. The number of likely N-dealkylation sites (tertiary alicyclic amines) is 5. The van der Waals surface area contributed by atoms with Gasteiger partial charge in [-0.25, -0.2) is 0 Å². The summed E-state index contributed by atoms with van der Waals surface area (Å²) in [5.74, 6) is 4.23. The van der Waals surface area contributed by atoms with Crippen LogP contribution < -0.4 is 84.1 Å². The lowest BCUT2D eigenvalue weighted by atomic mass is 9.48. The number of Topliss-reactive ketones (excluding diaryl/α,β-unsaturated/α-hetero) is 5. The van der Waals surface area contributed by atoms with Crippen molar-refractivity contribution in [3.63, 3.8) is 0 Å². The first-order valence-corrected chi connectivity index (χ1v) is 57.8. The molecule has 0 radical (unpaired) electrons. The first-order chi connectivity index (χ1) is 66.5. The van der Waals surface area contributed by atoms with Crippen molar-refractivity contribution in [3.8, 4) is 40.2 Å². The topological polar surface area (TPSA) is 423 Å². The van der Waals surface area contributed by atoms with E-state index in [2.05, 4.69) is 96.6 Å². The number of aromatic hydroxyl groups is 3. The van der Waals surface area contributed by atoms with Gasteiger partial charge in [0, 0.05) is 147 Å². The Morgan fingerprint density at radius 3 is 1.03 bits per heavy atom. The Morgan fingerprint density at radius 2 is 0.667 bits per heavy atom. The molecular weight excluding hydrogens is 2360 g/mol. The molecule has 3 amide bonds. The number of fused-ring (bicyclic) bond motifs is 1. The predicted octanol–water partition coefficient (Wildman–Crippen LogP) is 3.59. The van der Waals surface area contributed by atoms with Crippen molar-refractivity contribution in [1.82, 2.24) is 14.7 Å². The zero-order valence-electron chi connectivity index (χ0n) is 81.2. The Bertz CT molecular complexity index is 6000. The molecule has 9 heterocycles. The molecule has 10 saturated carbocycles. The number of hydrogen-bond donors (Lipinski definition) is 11. The summed E-state index contributed by atoms with van der Waals surface area (Å²) in [6.45, 7) is 9.76. The summed E-state index contributed by atoms with van der Waals surface area (Å²) >= 11 is 6.45. The van der Waals surface area contributed by atoms with Gasteiger partial charge in [0.2, 0.25) is 0 Å². The minimum absolute atomic E-state index is 0. The summed E-state index contributed by atoms with van der Waals surface area (Å²) in [5.41, 5.74) is 18.5. The fourth-order valence-corrected chi connectivity index (χ4v) is 32.9. The maximum Gasteiger partial charge on any atom is 0.252 e. The van der Waals surface area contributed by atoms with Crippen LogP contribution in [-0.2, 0) is 83.2 Å². The molecule has 21 atom stereocenters. The van der Waals surface area contributed by atoms with Gasteiger partial charge in [-0.1, -0.05) is 98.1 Å². The summed E-state index contributed by atoms with van der Waals surface area (Å²) < 4.78 is 26.2. The highest BCUT2D eigenvalue weighted by atomic mass is 127. The minimum Gasteiger partial charge on any atom is -1.00 e. The Hall–Kier alpha value is -5.29. The number of primary amides is 3. The molecule has 4 spiro atoms. The van der Waals surface area contributed by atoms with Crippen LogP contribution >= 0.6 is 67.8 Å². The van der Waals surface area contributed by atoms with Crippen LogP contribution in [0.25, 0.3) is 0 Å². The normalized spacial score (nSPS) is 38.6. The Labute approximate surface area is 898 Å². The molecule has 15 aliphatic carbocycles. The number of alkyl halides is 3. The molecule has 15 fully saturated rings. The van der Waals surface area contributed by atoms with E-state index >= 15 is 0 Å². The van der Waals surface area contributed by atoms with Crippen LogP contribution in [0.1, 0.15) is 254 Å². The molecule has 5 saturated heterocycles. The number of benzene rings is 5. The van der Waals surface area contributed by atoms with Crippen molar-refractivity contribution in [2.75, 3.05) is 94.3 Å². The van der Waals surface area contributed by atoms with Crippen LogP contribution in [0.4, 0.5) is 0 Å². The molecule has 6 unspecified atom stereocenters. The molecule has 28 nitrogen and oxygen atoms in total. The minimum atomic E-state index is -1.06. The number of amides is 3. The van der Waals surface area contributed by atoms with E-state index in [0.717, 1.165) is 193 Å². The van der Waals surface area contributed by atoms with Crippen molar-refractivity contribution in [1.29, 1.82) is 0 Å². The number of aliphatic hydroxyl groups is 5. The van der Waals surface area contributed by atoms with Gasteiger partial charge in [0.25, 0.3) is 17.7 Å². The molecule has 24 aliphatic rings. The fraction of sp³-hybridized carbons (Fsp3) is 0.648. The quantitative estimate of drug-likeness (QED) is 0.0456. The first kappa shape index (κ1) is 103. The molecule has 0 aromatic heterocycles. The highest BCUT2D eigenvalue weighted by Crippen LogP contribution is 2.72. The second kappa shape index (κ2) is 36.5. The van der Waals surface area contributed by atoms with Gasteiger partial charge in [0.05, 0.1) is 95.4 Å². The van der Waals surface area contributed by atoms with Gasteiger partial charge >= 0.3 is 0 Å². The number of quaternary nitrogens is 2. The van der Waals surface area contributed by atoms with E-state index in [1.807, 2.05) is 45.1 Å². The van der Waals surface area contributed by atoms with Crippen LogP contribution in [0.15, 0.2) is 60.7 Å². The van der Waals surface area contributed by atoms with Crippen LogP contribution in [0.3, 0.4) is 0 Å². The highest BCUT2D eigenvalue weighted by molar-refractivity contribution is 14.1. The van der Waals surface area contributed by atoms with Gasteiger partial charge in [0.1, 0.15) is 46.3 Å². The molecular formula is C108H135I5N8O20. The number of likely N-dealkylation sites (N-methyl/N-ethyl adjacent to an activating group) is 2. The average Bonchev–Trinajstić information content (AvgIpc) is 1.36. The standard InChI is InChI=1S/C22H26N2O4.C21H24N2O4.C21H26N2O4.C21H25NO4.C20H23NO4.3CH3I.2HI/c1-24(11-12-2-3-12)9-8-21-17-13-4-5-14(20(23)26)18(17)28-19(21)15(25)6-7-22(21,27)16(24)10-13;22-19(25)13-4-3-12-9-15-21(26)6-5-14(24)18-20(21,16(12)17(13)27-18)7-8-23(15)10-11-1-2-11;22-19(26)15-4-3-13-9-16-21(27)6-5-14(24)10-20(21,17(13)18(15)25)7-8-23(16)11-12-1-2-12;1-22(11-12-2-3-12)9-8-20-17-13-4-5-14(23)18(17)26-19(20)15(24)6-7-21(20,25)16(22)10-13;22-13-4-3-12-9-15-20(24)6-5-14(23)18-19(20,16(12)17(13)25-18)7-8-21(15)10-11-1-2-11;3*1-2;;/h4-5,12,16,19,27H,2-3,6-11H2,1H3,(H-,23,26);3-4,11,15,18,26H,1-2,5-10H2,(H2,22,25);3-4,12,16,25,27H,1-2,5-11H2,(H2,22,26);4-5,12,16,19,25H,2-3,6-11H2,1H3;3-4,11,15,18,22,24H,1-2,5-10H2;3*1H3;2*1H/t16-,19?,21+,22-,24?;15-,18?,20+,21-;16-,20-,21-;16-,19?,20+,21-,22?;15-,18?,19+,20-;;;;;/m11111...../s1. The number of hydrogen-bond acceptors (Lipinski definition) is 23. The Kier molecular flexibility index (Phi) is 26.7. The number of halogens is 5. The number of nitrogens with two attached hydrogens (primary N) is 3. The van der Waals surface area contributed by atoms with E-state index in [1.54, 1.807) is 30.3 Å². The van der Waals surface area contributed by atoms with Crippen LogP contribution in [0.2, 0.25) is 0 Å². The number of carbonyl (C=O) groups is 8. The third-order valence-corrected chi connectivity index (χ3v) is 39.8. The molecule has 9 aliphatic heterocycles. The van der Waals surface area contributed by atoms with Gasteiger partial charge in [-0.15, -0.1) is 0 Å². The van der Waals surface area contributed by atoms with Crippen molar-refractivity contribution in [2.24, 2.45) is 46.8 Å². The van der Waals surface area contributed by atoms with Crippen molar-refractivity contribution < 1.29 is 155 Å². The summed E-state index contributed by atoms with van der Waals surface area (Å²) in [5, 5.41) is 92.1. The SMILES string of the molecule is CI.CI.CI.C[N+]1(CC2CC2)CC[C@]23c4c5ccc(C(N)=O)c4OC2C(=O)CC[C@@]3(O)[C@H]1C5.C[N+]1(CC2CC2)CC[C@]23c4c5ccc(O)c4OC2C(=O)CC[C@@]3(O)[C@H]1C5.NC(=O)c1ccc2c(c1O)[C@]13CCN(CC4CC4)[C@H](C2)[C@]1(O)CCC(=O)C3.NC(=O)c1ccc2c3c1OC1C(=O)CC[C@@]4(O)[C@@H](C2)N(CC2CC2)CC[C@]314.O=C1CC[C@@]2(O)[C@H]3Cc4ccc(O)c5c4[C@@]2(CCN3CC2CC2)C1O5.[I-].[I-]. The Balaban J connectivity index is 0.000000106. The highest BCUT2D eigenvalue weighted by Gasteiger charge is 2.81. The molecule has 29 rings (SSSR count). The van der Waals surface area contributed by atoms with E-state index in [-0.39, 0.29) is 136 Å². The number of carbonyl (C=O) groups excluding carboxylic acids is 8. The zero-order chi connectivity index (χ0) is 97.9. The lowest BCUT2D eigenvalue weighted by Crippen LogP contribution is -3.00. The number of phenolic OH excluding ortho intramolecular Hbond substituents is 2. The van der Waals surface area contributed by atoms with Gasteiger partial charge < -0.3 is 134 Å². The summed E-state index contributed by atoms with van der Waals surface area (Å²) in [7, 11) is 4.60. The third kappa shape index (κ3) is 14.8. The number of nitrogens with zero attached hydrogens (tertiary/aromatic N) is 5. The third-order valence-electron chi connectivity index (χ3n) is 39.8. The number of phenols is 3. The molecule has 5 aromatic carbocycles. The number of rotatable bonds is 13. The molecule has 141 heavy (non-hydrogen) atoms. The summed E-state index contributed by atoms with van der Waals surface area (Å²) in [6, 6.07) is 18.3. The summed E-state index contributed by atoms with van der Waals surface area (Å²) in [6.07, 6.45) is 21.7. The molecule has 33 heteroatoms. The first-order valence-electron chi connectivity index (χ1n) is 51.3. The maximum absolute atomic E-state index is 12.9. The lowest BCUT2D eigenvalue weighted by molar-refractivity contribution is -0.950. The Morgan fingerprint density at radius 1 is 0.369 bits per heavy atom. The largest absolute Gasteiger partial charge is 1.00 e. The van der Waals surface area contributed by atoms with Crippen LogP contribution in [0.5, 0.6) is 40.2 Å². The van der Waals surface area contributed by atoms with Crippen LogP contribution in [0, 0.1) is 29.6 Å². The monoisotopic (exact) mass is 2500 g/mol. The van der Waals surface area contributed by atoms with E-state index in [4.69, 9.17) is 36.1 Å². The average molecular weight is 2500 g/mol. The molecule has 5 aromatic rings. The number of piperidine rings is 5. The smallest absolute Gasteiger partial charge is 0.252 e. The van der Waals surface area contributed by atoms with Gasteiger partial charge in [-0.3, -0.25) is 53.1 Å². The van der Waals surface area contributed by atoms with Gasteiger partial charge in [-0.05, 0) is 245 Å². The predicted molar refractivity (Wildman–Crippen MR) is 540 cm³/mol. The van der Waals surface area contributed by atoms with Crippen molar-refractivity contribution >= 4 is 114 Å². The lowest BCUT2D eigenvalue weighted by Gasteiger charge is -2.64. The van der Waals surface area contributed by atoms with E-state index in [9.17, 15) is 79.2 Å². The fourth-order valence-electron chi connectivity index (χ4n) is 32.9. The zero-order valence-corrected chi connectivity index (χ0v) is 92.0. The number of ketones is 5. The van der Waals surface area contributed by atoms with Gasteiger partial charge in [0.15, 0.2) is 70.5 Å². The van der Waals surface area contributed by atoms with E-state index < -0.39 is 97.2 Å². The maximum atomic E-state index is 12.9. The number of ether oxygens (including phenoxy) is 4. The molecule has 14 N–H and O–H groups in total. The van der Waals surface area contributed by atoms with Gasteiger partial charge in [-0.2, -0.15) is 0 Å². The van der Waals surface area contributed by atoms with E-state index in [0.29, 0.717) is 130 Å². The van der Waals surface area contributed by atoms with Crippen molar-refractivity contribution in [3.05, 3.63) is 133 Å². The molecule has 10 bridgehead atoms. The second-order valence-corrected chi connectivity index (χ2v) is 46.4. The second-order valence-electron chi connectivity index (χ2n) is 46.4. The van der Waals surface area contributed by atoms with Crippen LogP contribution in [-0.4, -0.2) is 288 Å². The van der Waals surface area contributed by atoms with Crippen molar-refractivity contribution in [2.45, 2.75) is 309 Å².